The molecule has 0 saturated heterocycles. The number of anilines is 3. The summed E-state index contributed by atoms with van der Waals surface area (Å²) >= 11 is 0. The third-order valence-electron chi connectivity index (χ3n) is 4.86. The van der Waals surface area contributed by atoms with Crippen LogP contribution in [0.2, 0.25) is 0 Å². The molecular formula is C24H28N5O4S-. The minimum Gasteiger partial charge on any atom is -0.450 e. The number of aryl methyl sites for hydroxylation is 1. The van der Waals surface area contributed by atoms with E-state index in [1.807, 2.05) is 19.1 Å². The third kappa shape index (κ3) is 6.75. The number of carbonyl (C=O) groups excluding carboxylic acids is 1. The van der Waals surface area contributed by atoms with Crippen molar-refractivity contribution in [2.45, 2.75) is 38.1 Å². The van der Waals surface area contributed by atoms with E-state index >= 15 is 0 Å². The highest BCUT2D eigenvalue weighted by atomic mass is 32.2. The van der Waals surface area contributed by atoms with E-state index in [2.05, 4.69) is 48.8 Å². The van der Waals surface area contributed by atoms with Crippen LogP contribution in [-0.2, 0) is 26.0 Å². The summed E-state index contributed by atoms with van der Waals surface area (Å²) in [7, 11) is -1.85. The largest absolute Gasteiger partial charge is 0.450 e. The Bertz CT molecular complexity index is 1190. The molecule has 0 saturated carbocycles. The van der Waals surface area contributed by atoms with Crippen molar-refractivity contribution >= 4 is 34.1 Å². The number of hydrogen-bond acceptors (Lipinski definition) is 9. The molecular weight excluding hydrogens is 454 g/mol. The zero-order chi connectivity index (χ0) is 24.5. The molecule has 3 rings (SSSR count). The highest BCUT2D eigenvalue weighted by Gasteiger charge is 2.12. The van der Waals surface area contributed by atoms with Crippen LogP contribution in [0.4, 0.5) is 22.2 Å². The van der Waals surface area contributed by atoms with Gasteiger partial charge in [-0.2, -0.15) is 4.98 Å². The zero-order valence-electron chi connectivity index (χ0n) is 19.3. The van der Waals surface area contributed by atoms with Crippen LogP contribution in [0, 0.1) is 0 Å². The lowest BCUT2D eigenvalue weighted by Crippen LogP contribution is -2.21. The molecule has 0 bridgehead atoms. The SMILES string of the molecule is CCOC(=O)N=[S-](=O)c1ccc(Nc2ncc(-c3ccc(CC)cc3)c(N[C@H](C)CO)n2)cc1. The average Bonchev–Trinajstić information content (AvgIpc) is 2.85. The van der Waals surface area contributed by atoms with E-state index < -0.39 is 16.7 Å². The molecule has 3 N–H and O–H groups in total. The number of ether oxygens (including phenoxy) is 1. The molecule has 0 aliphatic rings. The van der Waals surface area contributed by atoms with Gasteiger partial charge in [-0.05, 0) is 43.5 Å². The number of amides is 1. The lowest BCUT2D eigenvalue weighted by Gasteiger charge is -2.17. The molecule has 1 aromatic heterocycles. The first kappa shape index (κ1) is 25.1. The molecule has 1 heterocycles. The first-order chi connectivity index (χ1) is 16.4. The summed E-state index contributed by atoms with van der Waals surface area (Å²) in [5.41, 5.74) is 3.69. The first-order valence-electron chi connectivity index (χ1n) is 10.9. The van der Waals surface area contributed by atoms with E-state index in [1.54, 1.807) is 37.4 Å². The predicted octanol–water partition coefficient (Wildman–Crippen LogP) is 4.91. The van der Waals surface area contributed by atoms with Crippen molar-refractivity contribution in [3.63, 3.8) is 0 Å². The van der Waals surface area contributed by atoms with Crippen LogP contribution in [0.25, 0.3) is 11.1 Å². The van der Waals surface area contributed by atoms with Crippen LogP contribution in [0.5, 0.6) is 0 Å². The Labute approximate surface area is 200 Å². The molecule has 10 heteroatoms. The van der Waals surface area contributed by atoms with Gasteiger partial charge in [0.25, 0.3) is 0 Å². The maximum atomic E-state index is 12.2. The lowest BCUT2D eigenvalue weighted by molar-refractivity contribution is 0.164. The lowest BCUT2D eigenvalue weighted by atomic mass is 10.0. The molecule has 0 fully saturated rings. The average molecular weight is 483 g/mol. The summed E-state index contributed by atoms with van der Waals surface area (Å²) in [4.78, 5) is 20.8. The summed E-state index contributed by atoms with van der Waals surface area (Å²) in [6.07, 6.45) is 1.82. The maximum absolute atomic E-state index is 12.2. The molecule has 1 amide bonds. The van der Waals surface area contributed by atoms with Gasteiger partial charge in [0.05, 0.1) is 13.2 Å². The van der Waals surface area contributed by atoms with E-state index in [1.165, 1.54) is 5.56 Å². The number of hydrogen-bond donors (Lipinski definition) is 3. The van der Waals surface area contributed by atoms with Gasteiger partial charge in [0.2, 0.25) is 5.95 Å². The van der Waals surface area contributed by atoms with Gasteiger partial charge >= 0.3 is 6.09 Å². The Kier molecular flexibility index (Phi) is 8.94. The molecule has 34 heavy (non-hydrogen) atoms. The molecule has 1 atom stereocenters. The molecule has 3 aromatic rings. The standard InChI is InChI=1S/C24H28N5O4S/c1-4-17-6-8-18(9-7-17)21-14-25-23(28-22(21)26-16(3)15-30)27-19-10-12-20(13-11-19)34(32)29-24(31)33-5-2/h6-14,16,30H,4-5,15H2,1-3H3,(H2,25,26,27,28)/q-1/t16-/m1/s1. The quantitative estimate of drug-likeness (QED) is 0.368. The summed E-state index contributed by atoms with van der Waals surface area (Å²) in [6, 6.07) is 14.6. The number of rotatable bonds is 9. The van der Waals surface area contributed by atoms with E-state index in [-0.39, 0.29) is 19.3 Å². The van der Waals surface area contributed by atoms with Crippen molar-refractivity contribution in [2.75, 3.05) is 23.8 Å². The summed E-state index contributed by atoms with van der Waals surface area (Å²) in [5.74, 6) is 0.945. The molecule has 2 aromatic carbocycles. The Balaban J connectivity index is 1.83. The molecule has 0 aliphatic carbocycles. The van der Waals surface area contributed by atoms with Crippen LogP contribution < -0.4 is 10.6 Å². The van der Waals surface area contributed by atoms with Gasteiger partial charge in [0.15, 0.2) is 0 Å². The van der Waals surface area contributed by atoms with E-state index in [9.17, 15) is 14.1 Å². The number of aliphatic hydroxyl groups is 1. The van der Waals surface area contributed by atoms with E-state index in [4.69, 9.17) is 0 Å². The number of nitrogens with zero attached hydrogens (tertiary/aromatic N) is 3. The fraction of sp³-hybridized carbons (Fsp3) is 0.292. The minimum atomic E-state index is -1.85. The number of nitrogens with one attached hydrogen (secondary N) is 2. The van der Waals surface area contributed by atoms with Crippen LogP contribution in [-0.4, -0.2) is 40.4 Å². The topological polar surface area (TPSA) is 126 Å². The fourth-order valence-corrected chi connectivity index (χ4v) is 3.68. The molecule has 0 aliphatic heterocycles. The van der Waals surface area contributed by atoms with Crippen LogP contribution in [0.3, 0.4) is 0 Å². The monoisotopic (exact) mass is 482 g/mol. The van der Waals surface area contributed by atoms with Crippen molar-refractivity contribution in [1.82, 2.24) is 9.97 Å². The van der Waals surface area contributed by atoms with E-state index in [0.29, 0.717) is 22.3 Å². The highest BCUT2D eigenvalue weighted by molar-refractivity contribution is 7.75. The Morgan fingerprint density at radius 2 is 1.85 bits per heavy atom. The predicted molar refractivity (Wildman–Crippen MR) is 133 cm³/mol. The second-order valence-corrected chi connectivity index (χ2v) is 8.58. The fourth-order valence-electron chi connectivity index (χ4n) is 3.02. The second-order valence-electron chi connectivity index (χ2n) is 7.42. The van der Waals surface area contributed by atoms with Crippen molar-refractivity contribution in [3.05, 3.63) is 60.3 Å². The Morgan fingerprint density at radius 3 is 2.47 bits per heavy atom. The molecule has 9 nitrogen and oxygen atoms in total. The molecule has 0 spiro atoms. The zero-order valence-corrected chi connectivity index (χ0v) is 20.1. The third-order valence-corrected chi connectivity index (χ3v) is 5.85. The molecule has 0 unspecified atom stereocenters. The number of benzene rings is 2. The van der Waals surface area contributed by atoms with Gasteiger partial charge in [-0.1, -0.05) is 48.2 Å². The van der Waals surface area contributed by atoms with Crippen LogP contribution in [0.15, 0.2) is 64.0 Å². The molecule has 180 valence electrons. The van der Waals surface area contributed by atoms with Gasteiger partial charge in [0, 0.05) is 23.5 Å². The van der Waals surface area contributed by atoms with Crippen LogP contribution in [0.1, 0.15) is 26.3 Å². The number of aromatic nitrogens is 2. The smallest absolute Gasteiger partial charge is 0.410 e. The summed E-state index contributed by atoms with van der Waals surface area (Å²) in [5, 5.41) is 15.8. The van der Waals surface area contributed by atoms with Crippen molar-refractivity contribution in [3.8, 4) is 11.1 Å². The Morgan fingerprint density at radius 1 is 1.15 bits per heavy atom. The summed E-state index contributed by atoms with van der Waals surface area (Å²) in [6.45, 7) is 5.74. The van der Waals surface area contributed by atoms with Gasteiger partial charge < -0.3 is 24.7 Å². The second kappa shape index (κ2) is 12.1. The first-order valence-corrected chi connectivity index (χ1v) is 12.0. The summed E-state index contributed by atoms with van der Waals surface area (Å²) < 4.78 is 20.3. The maximum Gasteiger partial charge on any atom is 0.410 e. The van der Waals surface area contributed by atoms with Crippen molar-refractivity contribution in [2.24, 2.45) is 4.36 Å². The highest BCUT2D eigenvalue weighted by Crippen LogP contribution is 2.28. The van der Waals surface area contributed by atoms with Crippen molar-refractivity contribution in [1.29, 1.82) is 0 Å². The van der Waals surface area contributed by atoms with Gasteiger partial charge in [-0.3, -0.25) is 4.36 Å². The van der Waals surface area contributed by atoms with E-state index in [0.717, 1.165) is 17.5 Å². The number of carbonyl (C=O) groups is 1. The molecule has 0 radical (unpaired) electrons. The minimum absolute atomic E-state index is 0.0452. The normalized spacial score (nSPS) is 12.7. The Hall–Kier alpha value is -3.50. The van der Waals surface area contributed by atoms with Gasteiger partial charge in [-0.15, -0.1) is 10.6 Å². The number of aliphatic hydroxyl groups excluding tert-OH is 1. The van der Waals surface area contributed by atoms with Gasteiger partial charge in [0.1, 0.15) is 5.82 Å². The van der Waals surface area contributed by atoms with Crippen molar-refractivity contribution < 1.29 is 18.8 Å². The van der Waals surface area contributed by atoms with Gasteiger partial charge in [-0.25, -0.2) is 9.78 Å². The van der Waals surface area contributed by atoms with Crippen LogP contribution >= 0.6 is 0 Å².